The molecule has 0 aliphatic rings. The molecule has 0 bridgehead atoms. The van der Waals surface area contributed by atoms with Gasteiger partial charge in [-0.3, -0.25) is 0 Å². The molecule has 0 amide bonds. The van der Waals surface area contributed by atoms with Crippen LogP contribution in [0.15, 0.2) is 30.5 Å². The van der Waals surface area contributed by atoms with Crippen molar-refractivity contribution in [3.05, 3.63) is 41.3 Å². The van der Waals surface area contributed by atoms with Crippen LogP contribution in [0.3, 0.4) is 0 Å². The summed E-state index contributed by atoms with van der Waals surface area (Å²) in [6.07, 6.45) is 1.76. The van der Waals surface area contributed by atoms with Crippen LogP contribution in [-0.4, -0.2) is 48.9 Å². The number of aromatic nitrogens is 5. The van der Waals surface area contributed by atoms with Gasteiger partial charge in [-0.15, -0.1) is 0 Å². The molecular weight excluding hydrogens is 392 g/mol. The van der Waals surface area contributed by atoms with Crippen molar-refractivity contribution in [3.63, 3.8) is 0 Å². The summed E-state index contributed by atoms with van der Waals surface area (Å²) in [7, 11) is 1.61. The number of halogens is 1. The molecular formula is C20H21ClN6O2. The first kappa shape index (κ1) is 19.4. The molecule has 0 unspecified atom stereocenters. The number of fused-ring (bicyclic) bond motifs is 2. The van der Waals surface area contributed by atoms with Crippen molar-refractivity contribution in [1.82, 2.24) is 24.6 Å². The SMILES string of the molecule is COc1ccc2nc(C)c(-c3cn4nc(Cl)cc(NCC(C)(C)O)c4n3)nc2c1. The zero-order valence-corrected chi connectivity index (χ0v) is 17.3. The molecule has 3 aromatic heterocycles. The van der Waals surface area contributed by atoms with E-state index in [-0.39, 0.29) is 0 Å². The minimum Gasteiger partial charge on any atom is -0.497 e. The van der Waals surface area contributed by atoms with Crippen LogP contribution in [0.5, 0.6) is 5.75 Å². The van der Waals surface area contributed by atoms with Crippen LogP contribution in [0, 0.1) is 6.92 Å². The average molecular weight is 413 g/mol. The largest absolute Gasteiger partial charge is 0.497 e. The fourth-order valence-corrected chi connectivity index (χ4v) is 3.18. The molecule has 29 heavy (non-hydrogen) atoms. The lowest BCUT2D eigenvalue weighted by Crippen LogP contribution is -2.29. The van der Waals surface area contributed by atoms with E-state index in [9.17, 15) is 5.11 Å². The summed E-state index contributed by atoms with van der Waals surface area (Å²) in [6, 6.07) is 7.25. The molecule has 3 heterocycles. The third-order valence-corrected chi connectivity index (χ3v) is 4.58. The van der Waals surface area contributed by atoms with Crippen LogP contribution in [0.25, 0.3) is 28.1 Å². The molecule has 0 aliphatic carbocycles. The number of rotatable bonds is 5. The highest BCUT2D eigenvalue weighted by Gasteiger charge is 2.17. The van der Waals surface area contributed by atoms with Crippen molar-refractivity contribution in [1.29, 1.82) is 0 Å². The van der Waals surface area contributed by atoms with E-state index in [1.807, 2.05) is 25.1 Å². The van der Waals surface area contributed by atoms with E-state index in [1.54, 1.807) is 37.7 Å². The fraction of sp³-hybridized carbons (Fsp3) is 0.300. The maximum absolute atomic E-state index is 10.0. The lowest BCUT2D eigenvalue weighted by molar-refractivity contribution is 0.0945. The first-order valence-electron chi connectivity index (χ1n) is 9.08. The summed E-state index contributed by atoms with van der Waals surface area (Å²) in [4.78, 5) is 14.1. The number of methoxy groups -OCH3 is 1. The number of ether oxygens (including phenoxy) is 1. The van der Waals surface area contributed by atoms with E-state index in [1.165, 1.54) is 0 Å². The summed E-state index contributed by atoms with van der Waals surface area (Å²) in [5, 5.41) is 17.8. The molecule has 0 aliphatic heterocycles. The Labute approximate surface area is 172 Å². The highest BCUT2D eigenvalue weighted by Crippen LogP contribution is 2.27. The van der Waals surface area contributed by atoms with Gasteiger partial charge in [-0.2, -0.15) is 5.10 Å². The Morgan fingerprint density at radius 3 is 2.69 bits per heavy atom. The molecule has 0 saturated carbocycles. The Hall–Kier alpha value is -2.97. The number of hydrogen-bond donors (Lipinski definition) is 2. The van der Waals surface area contributed by atoms with Gasteiger partial charge in [0, 0.05) is 18.7 Å². The second kappa shape index (κ2) is 7.13. The number of imidazole rings is 1. The fourth-order valence-electron chi connectivity index (χ4n) is 2.99. The molecule has 0 radical (unpaired) electrons. The van der Waals surface area contributed by atoms with Crippen LogP contribution in [0.1, 0.15) is 19.5 Å². The second-order valence-corrected chi connectivity index (χ2v) is 7.84. The van der Waals surface area contributed by atoms with Crippen LogP contribution < -0.4 is 10.1 Å². The zero-order chi connectivity index (χ0) is 20.8. The van der Waals surface area contributed by atoms with Gasteiger partial charge < -0.3 is 15.2 Å². The van der Waals surface area contributed by atoms with Gasteiger partial charge in [0.15, 0.2) is 10.8 Å². The number of hydrogen-bond acceptors (Lipinski definition) is 7. The van der Waals surface area contributed by atoms with E-state index in [0.717, 1.165) is 11.2 Å². The Morgan fingerprint density at radius 1 is 1.17 bits per heavy atom. The molecule has 1 aromatic carbocycles. The smallest absolute Gasteiger partial charge is 0.177 e. The summed E-state index contributed by atoms with van der Waals surface area (Å²) >= 11 is 6.17. The van der Waals surface area contributed by atoms with Crippen LogP contribution in [0.2, 0.25) is 5.15 Å². The van der Waals surface area contributed by atoms with Crippen molar-refractivity contribution in [3.8, 4) is 17.1 Å². The molecule has 0 atom stereocenters. The summed E-state index contributed by atoms with van der Waals surface area (Å²) in [5.41, 5.74) is 3.90. The monoisotopic (exact) mass is 412 g/mol. The van der Waals surface area contributed by atoms with Crippen molar-refractivity contribution in [2.75, 3.05) is 19.0 Å². The van der Waals surface area contributed by atoms with Crippen LogP contribution in [0.4, 0.5) is 5.69 Å². The summed E-state index contributed by atoms with van der Waals surface area (Å²) < 4.78 is 6.89. The first-order chi connectivity index (χ1) is 13.7. The van der Waals surface area contributed by atoms with Crippen molar-refractivity contribution in [2.24, 2.45) is 0 Å². The Morgan fingerprint density at radius 2 is 1.97 bits per heavy atom. The Bertz CT molecular complexity index is 1220. The molecule has 8 nitrogen and oxygen atoms in total. The number of aryl methyl sites for hydroxylation is 1. The van der Waals surface area contributed by atoms with Crippen molar-refractivity contribution >= 4 is 34.0 Å². The number of nitrogens with zero attached hydrogens (tertiary/aromatic N) is 5. The molecule has 9 heteroatoms. The molecule has 2 N–H and O–H groups in total. The zero-order valence-electron chi connectivity index (χ0n) is 16.6. The molecule has 0 spiro atoms. The molecule has 4 rings (SSSR count). The molecule has 4 aromatic rings. The first-order valence-corrected chi connectivity index (χ1v) is 9.46. The quantitative estimate of drug-likeness (QED) is 0.517. The highest BCUT2D eigenvalue weighted by atomic mass is 35.5. The van der Waals surface area contributed by atoms with Crippen LogP contribution in [-0.2, 0) is 0 Å². The third-order valence-electron chi connectivity index (χ3n) is 4.40. The molecule has 150 valence electrons. The van der Waals surface area contributed by atoms with Crippen molar-refractivity contribution < 1.29 is 9.84 Å². The maximum Gasteiger partial charge on any atom is 0.177 e. The Kier molecular flexibility index (Phi) is 4.76. The summed E-state index contributed by atoms with van der Waals surface area (Å²) in [5.74, 6) is 0.711. The third kappa shape index (κ3) is 3.94. The topological polar surface area (TPSA) is 97.5 Å². The van der Waals surface area contributed by atoms with E-state index in [2.05, 4.69) is 15.4 Å². The second-order valence-electron chi connectivity index (χ2n) is 7.45. The lowest BCUT2D eigenvalue weighted by Gasteiger charge is -2.18. The number of aliphatic hydroxyl groups is 1. The van der Waals surface area contributed by atoms with E-state index < -0.39 is 5.60 Å². The van der Waals surface area contributed by atoms with Gasteiger partial charge >= 0.3 is 0 Å². The number of benzene rings is 1. The van der Waals surface area contributed by atoms with Gasteiger partial charge in [-0.1, -0.05) is 11.6 Å². The predicted octanol–water partition coefficient (Wildman–Crippen LogP) is 3.49. The summed E-state index contributed by atoms with van der Waals surface area (Å²) in [6.45, 7) is 5.67. The average Bonchev–Trinajstić information content (AvgIpc) is 3.08. The molecule has 0 fully saturated rings. The number of nitrogens with one attached hydrogen (secondary N) is 1. The van der Waals surface area contributed by atoms with E-state index in [4.69, 9.17) is 26.3 Å². The minimum atomic E-state index is -0.887. The standard InChI is InChI=1S/C20H21ClN6O2/c1-11-18(24-14-7-12(29-4)5-6-13(14)23-11)16-9-27-19(25-16)15(8-17(21)26-27)22-10-20(2,3)28/h5-9,22,28H,10H2,1-4H3. The van der Waals surface area contributed by atoms with Crippen molar-refractivity contribution in [2.45, 2.75) is 26.4 Å². The number of anilines is 1. The highest BCUT2D eigenvalue weighted by molar-refractivity contribution is 6.29. The van der Waals surface area contributed by atoms with Gasteiger partial charge in [0.2, 0.25) is 0 Å². The van der Waals surface area contributed by atoms with Gasteiger partial charge in [-0.05, 0) is 32.9 Å². The van der Waals surface area contributed by atoms with E-state index >= 15 is 0 Å². The lowest BCUT2D eigenvalue weighted by atomic mass is 10.1. The van der Waals surface area contributed by atoms with Gasteiger partial charge in [-0.25, -0.2) is 19.5 Å². The Balaban J connectivity index is 1.83. The minimum absolute atomic E-state index is 0.311. The van der Waals surface area contributed by atoms with Crippen LogP contribution >= 0.6 is 11.6 Å². The molecule has 0 saturated heterocycles. The normalized spacial score (nSPS) is 11.9. The predicted molar refractivity (Wildman–Crippen MR) is 113 cm³/mol. The van der Waals surface area contributed by atoms with Gasteiger partial charge in [0.25, 0.3) is 0 Å². The van der Waals surface area contributed by atoms with E-state index in [0.29, 0.717) is 45.7 Å². The van der Waals surface area contributed by atoms with Gasteiger partial charge in [0.05, 0.1) is 41.3 Å². The maximum atomic E-state index is 10.0. The van der Waals surface area contributed by atoms with Gasteiger partial charge in [0.1, 0.15) is 17.1 Å².